The number of methoxy groups -OCH3 is 1. The predicted octanol–water partition coefficient (Wildman–Crippen LogP) is 1.39. The van der Waals surface area contributed by atoms with Gasteiger partial charge in [0, 0.05) is 25.7 Å². The molecular formula is C14H21FN2O3S. The van der Waals surface area contributed by atoms with Gasteiger partial charge in [0.15, 0.2) is 0 Å². The van der Waals surface area contributed by atoms with Crippen molar-refractivity contribution < 1.29 is 17.5 Å². The molecule has 1 unspecified atom stereocenters. The first kappa shape index (κ1) is 16.4. The molecule has 0 saturated heterocycles. The summed E-state index contributed by atoms with van der Waals surface area (Å²) in [5.41, 5.74) is 0.753. The highest BCUT2D eigenvalue weighted by Gasteiger charge is 2.23. The Labute approximate surface area is 124 Å². The molecule has 1 aromatic carbocycles. The molecule has 118 valence electrons. The second kappa shape index (κ2) is 6.83. The van der Waals surface area contributed by atoms with Gasteiger partial charge in [0.05, 0.1) is 6.61 Å². The number of hydrogen-bond acceptors (Lipinski definition) is 4. The third kappa shape index (κ3) is 4.74. The average molecular weight is 316 g/mol. The summed E-state index contributed by atoms with van der Waals surface area (Å²) in [6.07, 6.45) is 2.28. The third-order valence-electron chi connectivity index (χ3n) is 3.23. The third-order valence-corrected chi connectivity index (χ3v) is 4.83. The van der Waals surface area contributed by atoms with E-state index in [-0.39, 0.29) is 11.5 Å². The molecule has 21 heavy (non-hydrogen) atoms. The van der Waals surface area contributed by atoms with E-state index in [1.807, 2.05) is 0 Å². The van der Waals surface area contributed by atoms with Crippen LogP contribution in [0.15, 0.2) is 23.1 Å². The van der Waals surface area contributed by atoms with Gasteiger partial charge in [0.2, 0.25) is 10.0 Å². The Kier molecular flexibility index (Phi) is 5.32. The van der Waals surface area contributed by atoms with Gasteiger partial charge in [-0.05, 0) is 37.5 Å². The van der Waals surface area contributed by atoms with Gasteiger partial charge in [-0.25, -0.2) is 17.5 Å². The standard InChI is InChI=1S/C14H21FN2O3S/c1-10(9-20-2)17-21(18,19)14-7-11(3-6-13(14)15)8-16-12-4-5-12/h3,6-7,10,12,16-17H,4-5,8-9H2,1-2H3. The van der Waals surface area contributed by atoms with E-state index in [0.29, 0.717) is 12.6 Å². The zero-order valence-electron chi connectivity index (χ0n) is 12.2. The van der Waals surface area contributed by atoms with Crippen LogP contribution in [-0.4, -0.2) is 34.2 Å². The maximum atomic E-state index is 13.8. The van der Waals surface area contributed by atoms with Crippen molar-refractivity contribution in [2.45, 2.75) is 43.3 Å². The second-order valence-corrected chi connectivity index (χ2v) is 7.08. The molecule has 2 rings (SSSR count). The predicted molar refractivity (Wildman–Crippen MR) is 77.9 cm³/mol. The summed E-state index contributed by atoms with van der Waals surface area (Å²) in [6.45, 7) is 2.43. The van der Waals surface area contributed by atoms with Crippen LogP contribution in [0, 0.1) is 5.82 Å². The number of nitrogens with one attached hydrogen (secondary N) is 2. The highest BCUT2D eigenvalue weighted by Crippen LogP contribution is 2.21. The van der Waals surface area contributed by atoms with Crippen LogP contribution in [0.3, 0.4) is 0 Å². The van der Waals surface area contributed by atoms with E-state index in [2.05, 4.69) is 10.0 Å². The molecule has 1 aromatic rings. The Balaban J connectivity index is 2.13. The minimum Gasteiger partial charge on any atom is -0.383 e. The van der Waals surface area contributed by atoms with Crippen LogP contribution in [0.2, 0.25) is 0 Å². The lowest BCUT2D eigenvalue weighted by molar-refractivity contribution is 0.180. The highest BCUT2D eigenvalue weighted by molar-refractivity contribution is 7.89. The monoisotopic (exact) mass is 316 g/mol. The van der Waals surface area contributed by atoms with E-state index in [9.17, 15) is 12.8 Å². The van der Waals surface area contributed by atoms with Gasteiger partial charge in [-0.1, -0.05) is 6.07 Å². The topological polar surface area (TPSA) is 67.4 Å². The SMILES string of the molecule is COCC(C)NS(=O)(=O)c1cc(CNC2CC2)ccc1F. The largest absolute Gasteiger partial charge is 0.383 e. The van der Waals surface area contributed by atoms with Crippen molar-refractivity contribution in [1.82, 2.24) is 10.0 Å². The summed E-state index contributed by atoms with van der Waals surface area (Å²) >= 11 is 0. The molecule has 1 aliphatic rings. The van der Waals surface area contributed by atoms with Gasteiger partial charge in [0.1, 0.15) is 10.7 Å². The van der Waals surface area contributed by atoms with Gasteiger partial charge < -0.3 is 10.1 Å². The van der Waals surface area contributed by atoms with Crippen molar-refractivity contribution in [3.8, 4) is 0 Å². The Morgan fingerprint density at radius 2 is 2.14 bits per heavy atom. The second-order valence-electron chi connectivity index (χ2n) is 5.40. The molecule has 2 N–H and O–H groups in total. The van der Waals surface area contributed by atoms with E-state index in [1.165, 1.54) is 19.2 Å². The quantitative estimate of drug-likeness (QED) is 0.760. The fourth-order valence-corrected chi connectivity index (χ4v) is 3.38. The van der Waals surface area contributed by atoms with E-state index in [1.54, 1.807) is 13.0 Å². The minimum absolute atomic E-state index is 0.226. The lowest BCUT2D eigenvalue weighted by Gasteiger charge is -2.14. The fourth-order valence-electron chi connectivity index (χ4n) is 2.03. The number of rotatable bonds is 8. The van der Waals surface area contributed by atoms with Crippen LogP contribution >= 0.6 is 0 Å². The molecule has 1 saturated carbocycles. The summed E-state index contributed by atoms with van der Waals surface area (Å²) in [7, 11) is -2.41. The number of hydrogen-bond donors (Lipinski definition) is 2. The molecule has 0 aliphatic heterocycles. The van der Waals surface area contributed by atoms with E-state index >= 15 is 0 Å². The first-order valence-electron chi connectivity index (χ1n) is 6.95. The Morgan fingerprint density at radius 1 is 1.43 bits per heavy atom. The fraction of sp³-hybridized carbons (Fsp3) is 0.571. The lowest BCUT2D eigenvalue weighted by atomic mass is 10.2. The molecule has 5 nitrogen and oxygen atoms in total. The summed E-state index contributed by atoms with van der Waals surface area (Å²) < 4.78 is 45.6. The Hall–Kier alpha value is -1.02. The van der Waals surface area contributed by atoms with Crippen molar-refractivity contribution in [3.05, 3.63) is 29.6 Å². The van der Waals surface area contributed by atoms with Crippen molar-refractivity contribution in [1.29, 1.82) is 0 Å². The zero-order valence-corrected chi connectivity index (χ0v) is 13.0. The van der Waals surface area contributed by atoms with Crippen LogP contribution < -0.4 is 10.0 Å². The molecule has 0 spiro atoms. The molecule has 0 heterocycles. The molecule has 0 aromatic heterocycles. The molecule has 0 bridgehead atoms. The van der Waals surface area contributed by atoms with Crippen LogP contribution in [0.4, 0.5) is 4.39 Å². The Bertz CT molecular complexity index is 588. The van der Waals surface area contributed by atoms with Crippen molar-refractivity contribution in [2.24, 2.45) is 0 Å². The van der Waals surface area contributed by atoms with Gasteiger partial charge in [0.25, 0.3) is 0 Å². The summed E-state index contributed by atoms with van der Waals surface area (Å²) in [6, 6.07) is 4.26. The van der Waals surface area contributed by atoms with Crippen molar-refractivity contribution in [3.63, 3.8) is 0 Å². The minimum atomic E-state index is -3.89. The van der Waals surface area contributed by atoms with Crippen molar-refractivity contribution in [2.75, 3.05) is 13.7 Å². The van der Waals surface area contributed by atoms with Crippen LogP contribution in [0.1, 0.15) is 25.3 Å². The number of ether oxygens (including phenoxy) is 1. The molecule has 7 heteroatoms. The van der Waals surface area contributed by atoms with Gasteiger partial charge in [-0.3, -0.25) is 0 Å². The normalized spacial score (nSPS) is 16.9. The molecular weight excluding hydrogens is 295 g/mol. The maximum Gasteiger partial charge on any atom is 0.243 e. The van der Waals surface area contributed by atoms with E-state index < -0.39 is 21.9 Å². The van der Waals surface area contributed by atoms with Gasteiger partial charge >= 0.3 is 0 Å². The van der Waals surface area contributed by atoms with E-state index in [4.69, 9.17) is 4.74 Å². The molecule has 1 fully saturated rings. The van der Waals surface area contributed by atoms with E-state index in [0.717, 1.165) is 18.4 Å². The Morgan fingerprint density at radius 3 is 2.76 bits per heavy atom. The van der Waals surface area contributed by atoms with Crippen LogP contribution in [0.5, 0.6) is 0 Å². The average Bonchev–Trinajstić information content (AvgIpc) is 3.21. The van der Waals surface area contributed by atoms with Crippen LogP contribution in [-0.2, 0) is 21.3 Å². The molecule has 1 aliphatic carbocycles. The van der Waals surface area contributed by atoms with Gasteiger partial charge in [-0.15, -0.1) is 0 Å². The molecule has 1 atom stereocenters. The maximum absolute atomic E-state index is 13.8. The summed E-state index contributed by atoms with van der Waals surface area (Å²) in [5.74, 6) is -0.748. The first-order valence-corrected chi connectivity index (χ1v) is 8.44. The zero-order chi connectivity index (χ0) is 15.5. The highest BCUT2D eigenvalue weighted by atomic mass is 32.2. The number of sulfonamides is 1. The van der Waals surface area contributed by atoms with Crippen LogP contribution in [0.25, 0.3) is 0 Å². The number of benzene rings is 1. The van der Waals surface area contributed by atoms with Gasteiger partial charge in [-0.2, -0.15) is 0 Å². The lowest BCUT2D eigenvalue weighted by Crippen LogP contribution is -2.36. The molecule has 0 radical (unpaired) electrons. The molecule has 0 amide bonds. The number of halogens is 1. The first-order chi connectivity index (χ1) is 9.92. The van der Waals surface area contributed by atoms with Crippen molar-refractivity contribution >= 4 is 10.0 Å². The summed E-state index contributed by atoms with van der Waals surface area (Å²) in [4.78, 5) is -0.319. The smallest absolute Gasteiger partial charge is 0.243 e. The summed E-state index contributed by atoms with van der Waals surface area (Å²) in [5, 5.41) is 3.27.